The lowest BCUT2D eigenvalue weighted by Crippen LogP contribution is -2.46. The molecule has 39 heavy (non-hydrogen) atoms. The number of benzene rings is 3. The van der Waals surface area contributed by atoms with Crippen molar-refractivity contribution in [2.75, 3.05) is 13.1 Å². The van der Waals surface area contributed by atoms with Gasteiger partial charge in [0.25, 0.3) is 0 Å². The Hall–Kier alpha value is -3.45. The van der Waals surface area contributed by atoms with Crippen LogP contribution in [-0.2, 0) is 11.8 Å². The van der Waals surface area contributed by atoms with Gasteiger partial charge in [-0.05, 0) is 47.4 Å². The van der Waals surface area contributed by atoms with Crippen LogP contribution in [0, 0.1) is 0 Å². The van der Waals surface area contributed by atoms with E-state index >= 15 is 0 Å². The molecular weight excluding hydrogens is 545 g/mol. The topological polar surface area (TPSA) is 50.7 Å². The minimum atomic E-state index is -5.06. The number of nitrogens with one attached hydrogen (secondary N) is 1. The van der Waals surface area contributed by atoms with Crippen LogP contribution < -0.4 is 14.8 Å². The third kappa shape index (κ3) is 8.79. The second kappa shape index (κ2) is 11.7. The number of aliphatic hydroxyl groups excluding tert-OH is 1. The monoisotopic (exact) mass is 567 g/mol. The van der Waals surface area contributed by atoms with Crippen LogP contribution in [0.15, 0.2) is 78.9 Å². The van der Waals surface area contributed by atoms with E-state index < -0.39 is 55.0 Å². The van der Waals surface area contributed by atoms with Gasteiger partial charge in [0, 0.05) is 18.5 Å². The van der Waals surface area contributed by atoms with E-state index in [1.807, 2.05) is 0 Å². The van der Waals surface area contributed by atoms with Crippen molar-refractivity contribution in [1.29, 1.82) is 0 Å². The minimum absolute atomic E-state index is 0.0755. The predicted molar refractivity (Wildman–Crippen MR) is 122 cm³/mol. The molecule has 1 unspecified atom stereocenters. The van der Waals surface area contributed by atoms with Gasteiger partial charge in [-0.3, -0.25) is 0 Å². The Morgan fingerprint density at radius 1 is 0.667 bits per heavy atom. The zero-order valence-corrected chi connectivity index (χ0v) is 19.9. The molecule has 0 heterocycles. The van der Waals surface area contributed by atoms with E-state index in [-0.39, 0.29) is 17.5 Å². The van der Waals surface area contributed by atoms with Gasteiger partial charge < -0.3 is 19.9 Å². The molecule has 0 aliphatic rings. The molecule has 13 heteroatoms. The predicted octanol–water partition coefficient (Wildman–Crippen LogP) is 6.53. The summed E-state index contributed by atoms with van der Waals surface area (Å²) in [6.07, 6.45) is -17.9. The van der Waals surface area contributed by atoms with Gasteiger partial charge in [-0.25, -0.2) is 0 Å². The molecular formula is C26H22F9NO3. The van der Waals surface area contributed by atoms with Crippen LogP contribution in [0.5, 0.6) is 11.5 Å². The Labute approximate surface area is 217 Å². The van der Waals surface area contributed by atoms with E-state index in [0.717, 1.165) is 24.3 Å². The highest BCUT2D eigenvalue weighted by atomic mass is 19.4. The Kier molecular flexibility index (Phi) is 9.06. The van der Waals surface area contributed by atoms with Crippen molar-refractivity contribution in [2.45, 2.75) is 36.8 Å². The Bertz CT molecular complexity index is 1150. The highest BCUT2D eigenvalue weighted by molar-refractivity contribution is 5.47. The van der Waals surface area contributed by atoms with Crippen molar-refractivity contribution in [1.82, 2.24) is 5.32 Å². The summed E-state index contributed by atoms with van der Waals surface area (Å²) in [5.74, 6) is -1.29. The second-order valence-corrected chi connectivity index (χ2v) is 8.58. The molecule has 1 atom stereocenters. The van der Waals surface area contributed by atoms with Crippen LogP contribution >= 0.6 is 0 Å². The maximum atomic E-state index is 13.0. The molecule has 0 aromatic heterocycles. The summed E-state index contributed by atoms with van der Waals surface area (Å²) >= 11 is 0. The molecule has 0 saturated heterocycles. The van der Waals surface area contributed by atoms with Gasteiger partial charge in [0.05, 0.1) is 0 Å². The van der Waals surface area contributed by atoms with Gasteiger partial charge >= 0.3 is 18.9 Å². The molecule has 3 aromatic rings. The average Bonchev–Trinajstić information content (AvgIpc) is 2.81. The van der Waals surface area contributed by atoms with Crippen LogP contribution in [0.2, 0.25) is 0 Å². The quantitative estimate of drug-likeness (QED) is 0.274. The molecule has 212 valence electrons. The van der Waals surface area contributed by atoms with Gasteiger partial charge in [0.1, 0.15) is 11.5 Å². The molecule has 0 aliphatic carbocycles. The number of alkyl halides is 9. The van der Waals surface area contributed by atoms with Crippen molar-refractivity contribution in [2.24, 2.45) is 0 Å². The number of halogens is 9. The number of ether oxygens (including phenoxy) is 2. The van der Waals surface area contributed by atoms with Gasteiger partial charge in [0.2, 0.25) is 0 Å². The van der Waals surface area contributed by atoms with Crippen LogP contribution in [0.3, 0.4) is 0 Å². The van der Waals surface area contributed by atoms with Crippen LogP contribution in [0.25, 0.3) is 0 Å². The minimum Gasteiger partial charge on any atom is -0.406 e. The maximum Gasteiger partial charge on any atom is 0.573 e. The highest BCUT2D eigenvalue weighted by Crippen LogP contribution is 2.40. The van der Waals surface area contributed by atoms with Crippen molar-refractivity contribution in [3.63, 3.8) is 0 Å². The molecule has 0 fully saturated rings. The molecule has 2 N–H and O–H groups in total. The average molecular weight is 567 g/mol. The second-order valence-electron chi connectivity index (χ2n) is 8.58. The first-order valence-corrected chi connectivity index (χ1v) is 11.3. The zero-order chi connectivity index (χ0) is 28.9. The molecule has 0 aliphatic heterocycles. The van der Waals surface area contributed by atoms with E-state index in [1.54, 1.807) is 30.3 Å². The SMILES string of the molecule is OC(CNCC(Cc1ccccc1)(c1cccc(OC(F)(F)F)c1)c1cccc(OC(F)(F)F)c1)C(F)(F)F. The van der Waals surface area contributed by atoms with Crippen molar-refractivity contribution < 1.29 is 54.1 Å². The lowest BCUT2D eigenvalue weighted by molar-refractivity contribution is -0.275. The van der Waals surface area contributed by atoms with Crippen molar-refractivity contribution >= 4 is 0 Å². The third-order valence-corrected chi connectivity index (χ3v) is 5.73. The van der Waals surface area contributed by atoms with Crippen molar-refractivity contribution in [3.8, 4) is 11.5 Å². The van der Waals surface area contributed by atoms with Crippen molar-refractivity contribution in [3.05, 3.63) is 95.6 Å². The van der Waals surface area contributed by atoms with Gasteiger partial charge in [-0.2, -0.15) is 13.2 Å². The molecule has 0 amide bonds. The Balaban J connectivity index is 2.18. The highest BCUT2D eigenvalue weighted by Gasteiger charge is 2.41. The first kappa shape index (κ1) is 30.1. The number of aliphatic hydroxyl groups is 1. The largest absolute Gasteiger partial charge is 0.573 e. The molecule has 4 nitrogen and oxygen atoms in total. The fraction of sp³-hybridized carbons (Fsp3) is 0.308. The van der Waals surface area contributed by atoms with E-state index in [2.05, 4.69) is 14.8 Å². The number of hydrogen-bond acceptors (Lipinski definition) is 4. The first-order chi connectivity index (χ1) is 18.1. The molecule has 0 bridgehead atoms. The molecule has 0 spiro atoms. The fourth-order valence-electron chi connectivity index (χ4n) is 4.10. The standard InChI is InChI=1S/C26H22F9NO3/c27-24(28,29)22(37)15-36-16-23(14-17-6-2-1-3-7-17,18-8-4-10-20(12-18)38-25(30,31)32)19-9-5-11-21(13-19)39-26(33,34)35/h1-13,22,36-37H,14-16H2. The van der Waals surface area contributed by atoms with Gasteiger partial charge in [-0.1, -0.05) is 54.6 Å². The van der Waals surface area contributed by atoms with E-state index in [9.17, 15) is 44.6 Å². The lowest BCUT2D eigenvalue weighted by Gasteiger charge is -2.37. The Morgan fingerprint density at radius 3 is 1.59 bits per heavy atom. The summed E-state index contributed by atoms with van der Waals surface area (Å²) in [7, 11) is 0. The smallest absolute Gasteiger partial charge is 0.406 e. The molecule has 0 radical (unpaired) electrons. The third-order valence-electron chi connectivity index (χ3n) is 5.73. The summed E-state index contributed by atoms with van der Waals surface area (Å²) in [6, 6.07) is 17.5. The lowest BCUT2D eigenvalue weighted by atomic mass is 9.70. The van der Waals surface area contributed by atoms with E-state index in [0.29, 0.717) is 5.56 Å². The fourth-order valence-corrected chi connectivity index (χ4v) is 4.10. The van der Waals surface area contributed by atoms with E-state index in [4.69, 9.17) is 0 Å². The normalized spacial score (nSPS) is 13.7. The van der Waals surface area contributed by atoms with Crippen LogP contribution in [0.4, 0.5) is 39.5 Å². The first-order valence-electron chi connectivity index (χ1n) is 11.3. The number of rotatable bonds is 10. The van der Waals surface area contributed by atoms with Gasteiger partial charge in [0.15, 0.2) is 6.10 Å². The summed E-state index contributed by atoms with van der Waals surface area (Å²) < 4.78 is 125. The summed E-state index contributed by atoms with van der Waals surface area (Å²) in [5.41, 5.74) is -0.805. The molecule has 3 aromatic carbocycles. The van der Waals surface area contributed by atoms with Crippen LogP contribution in [-0.4, -0.2) is 43.2 Å². The molecule has 3 rings (SSSR count). The Morgan fingerprint density at radius 2 is 1.15 bits per heavy atom. The summed E-state index contributed by atoms with van der Waals surface area (Å²) in [5, 5.41) is 12.0. The van der Waals surface area contributed by atoms with Crippen LogP contribution in [0.1, 0.15) is 16.7 Å². The van der Waals surface area contributed by atoms with Gasteiger partial charge in [-0.15, -0.1) is 26.3 Å². The molecule has 0 saturated carbocycles. The number of hydrogen-bond donors (Lipinski definition) is 2. The maximum absolute atomic E-state index is 13.0. The summed E-state index contributed by atoms with van der Waals surface area (Å²) in [6.45, 7) is -1.42. The zero-order valence-electron chi connectivity index (χ0n) is 19.9. The summed E-state index contributed by atoms with van der Waals surface area (Å²) in [4.78, 5) is 0. The van der Waals surface area contributed by atoms with E-state index in [1.165, 1.54) is 24.3 Å².